The Morgan fingerprint density at radius 3 is 2.00 bits per heavy atom. The van der Waals surface area contributed by atoms with Gasteiger partial charge in [0.15, 0.2) is 11.5 Å². The van der Waals surface area contributed by atoms with Gasteiger partial charge >= 0.3 is 0 Å². The van der Waals surface area contributed by atoms with Crippen LogP contribution in [0.2, 0.25) is 10.0 Å². The molecule has 2 heterocycles. The molecule has 7 nitrogen and oxygen atoms in total. The van der Waals surface area contributed by atoms with E-state index in [1.54, 1.807) is 19.1 Å². The molecule has 0 saturated heterocycles. The molecule has 0 atom stereocenters. The molecule has 0 N–H and O–H groups in total. The number of amides is 3. The van der Waals surface area contributed by atoms with Crippen molar-refractivity contribution in [2.75, 3.05) is 27.3 Å². The molecule has 9 heteroatoms. The average Bonchev–Trinajstić information content (AvgIpc) is 2.96. The number of hydrogen-bond acceptors (Lipinski definition) is 5. The van der Waals surface area contributed by atoms with Crippen LogP contribution in [0.25, 0.3) is 0 Å². The Bertz CT molecular complexity index is 1040. The molecule has 0 spiro atoms. The van der Waals surface area contributed by atoms with Crippen LogP contribution in [0.4, 0.5) is 0 Å². The second kappa shape index (κ2) is 7.81. The van der Waals surface area contributed by atoms with Crippen LogP contribution in [-0.2, 0) is 17.8 Å². The van der Waals surface area contributed by atoms with Crippen molar-refractivity contribution in [1.82, 2.24) is 9.80 Å². The van der Waals surface area contributed by atoms with Crippen molar-refractivity contribution in [3.8, 4) is 11.5 Å². The van der Waals surface area contributed by atoms with E-state index in [1.165, 1.54) is 12.1 Å². The number of fused-ring (bicyclic) bond motifs is 2. The van der Waals surface area contributed by atoms with Crippen molar-refractivity contribution < 1.29 is 23.9 Å². The first-order valence-corrected chi connectivity index (χ1v) is 9.96. The highest BCUT2D eigenvalue weighted by Gasteiger charge is 2.38. The Morgan fingerprint density at radius 1 is 0.933 bits per heavy atom. The lowest BCUT2D eigenvalue weighted by atomic mass is 9.98. The first-order valence-electron chi connectivity index (χ1n) is 9.20. The smallest absolute Gasteiger partial charge is 0.262 e. The summed E-state index contributed by atoms with van der Waals surface area (Å²) in [4.78, 5) is 40.7. The van der Waals surface area contributed by atoms with Crippen molar-refractivity contribution in [2.45, 2.75) is 13.0 Å². The lowest BCUT2D eigenvalue weighted by Crippen LogP contribution is -2.44. The Morgan fingerprint density at radius 2 is 1.47 bits per heavy atom. The fourth-order valence-corrected chi connectivity index (χ4v) is 4.09. The van der Waals surface area contributed by atoms with Crippen molar-refractivity contribution in [3.63, 3.8) is 0 Å². The molecule has 3 amide bonds. The number of halogens is 2. The summed E-state index contributed by atoms with van der Waals surface area (Å²) in [5.74, 6) is -0.197. The quantitative estimate of drug-likeness (QED) is 0.671. The molecule has 2 aliphatic heterocycles. The van der Waals surface area contributed by atoms with E-state index in [0.717, 1.165) is 16.0 Å². The Hall–Kier alpha value is -2.77. The van der Waals surface area contributed by atoms with Gasteiger partial charge in [0.2, 0.25) is 5.91 Å². The van der Waals surface area contributed by atoms with Crippen LogP contribution in [0.1, 0.15) is 31.8 Å². The van der Waals surface area contributed by atoms with Crippen LogP contribution in [0.5, 0.6) is 11.5 Å². The third-order valence-electron chi connectivity index (χ3n) is 5.38. The van der Waals surface area contributed by atoms with Crippen molar-refractivity contribution >= 4 is 40.9 Å². The van der Waals surface area contributed by atoms with E-state index < -0.39 is 11.8 Å². The standard InChI is InChI=1S/C21H18Cl2N2O5/c1-29-17-5-11-3-4-24(9-12(11)6-18(17)30-2)19(26)10-25-20(27)13-7-15(22)16(23)8-14(13)21(25)28/h5-8H,3-4,9-10H2,1-2H3. The molecule has 4 rings (SSSR count). The summed E-state index contributed by atoms with van der Waals surface area (Å²) < 4.78 is 10.7. The van der Waals surface area contributed by atoms with Crippen molar-refractivity contribution in [2.24, 2.45) is 0 Å². The van der Waals surface area contributed by atoms with E-state index in [1.807, 2.05) is 12.1 Å². The van der Waals surface area contributed by atoms with Crippen LogP contribution in [0, 0.1) is 0 Å². The van der Waals surface area contributed by atoms with Gasteiger partial charge in [-0.25, -0.2) is 0 Å². The lowest BCUT2D eigenvalue weighted by molar-refractivity contribution is -0.132. The van der Waals surface area contributed by atoms with Gasteiger partial charge in [-0.15, -0.1) is 0 Å². The number of imide groups is 1. The first-order chi connectivity index (χ1) is 14.3. The molecule has 0 aromatic heterocycles. The minimum atomic E-state index is -0.550. The van der Waals surface area contributed by atoms with E-state index in [0.29, 0.717) is 31.0 Å². The molecular weight excluding hydrogens is 431 g/mol. The van der Waals surface area contributed by atoms with Crippen molar-refractivity contribution in [3.05, 3.63) is 56.6 Å². The van der Waals surface area contributed by atoms with Crippen LogP contribution < -0.4 is 9.47 Å². The van der Waals surface area contributed by atoms with Gasteiger partial charge < -0.3 is 14.4 Å². The van der Waals surface area contributed by atoms with Gasteiger partial charge in [0, 0.05) is 13.1 Å². The molecule has 2 aliphatic rings. The predicted octanol–water partition coefficient (Wildman–Crippen LogP) is 3.19. The molecule has 0 radical (unpaired) electrons. The Balaban J connectivity index is 1.52. The zero-order valence-electron chi connectivity index (χ0n) is 16.3. The zero-order valence-corrected chi connectivity index (χ0v) is 17.8. The molecule has 0 unspecified atom stereocenters. The molecule has 156 valence electrons. The highest BCUT2D eigenvalue weighted by atomic mass is 35.5. The third-order valence-corrected chi connectivity index (χ3v) is 6.10. The molecule has 2 aromatic carbocycles. The summed E-state index contributed by atoms with van der Waals surface area (Å²) in [5, 5.41) is 0.364. The monoisotopic (exact) mass is 448 g/mol. The molecular formula is C21H18Cl2N2O5. The number of benzene rings is 2. The summed E-state index contributed by atoms with van der Waals surface area (Å²) in [5.41, 5.74) is 2.32. The van der Waals surface area contributed by atoms with Gasteiger partial charge in [0.05, 0.1) is 35.4 Å². The van der Waals surface area contributed by atoms with Gasteiger partial charge in [-0.05, 0) is 41.8 Å². The van der Waals surface area contributed by atoms with Crippen LogP contribution in [0.15, 0.2) is 24.3 Å². The van der Waals surface area contributed by atoms with Gasteiger partial charge in [-0.2, -0.15) is 0 Å². The second-order valence-corrected chi connectivity index (χ2v) is 7.86. The Labute approximate surface area is 183 Å². The minimum Gasteiger partial charge on any atom is -0.493 e. The van der Waals surface area contributed by atoms with Crippen LogP contribution in [0.3, 0.4) is 0 Å². The van der Waals surface area contributed by atoms with Gasteiger partial charge in [-0.1, -0.05) is 23.2 Å². The molecule has 0 bridgehead atoms. The lowest BCUT2D eigenvalue weighted by Gasteiger charge is -2.30. The number of carbonyl (C=O) groups excluding carboxylic acids is 3. The normalized spacial score (nSPS) is 15.2. The highest BCUT2D eigenvalue weighted by Crippen LogP contribution is 2.34. The highest BCUT2D eigenvalue weighted by molar-refractivity contribution is 6.43. The fraction of sp³-hybridized carbons (Fsp3) is 0.286. The van der Waals surface area contributed by atoms with E-state index in [4.69, 9.17) is 32.7 Å². The second-order valence-electron chi connectivity index (χ2n) is 7.05. The number of hydrogen-bond donors (Lipinski definition) is 0. The SMILES string of the molecule is COc1cc2c(cc1OC)CN(C(=O)CN1C(=O)c3cc(Cl)c(Cl)cc3C1=O)CC2. The van der Waals surface area contributed by atoms with Gasteiger partial charge in [0.25, 0.3) is 11.8 Å². The van der Waals surface area contributed by atoms with Gasteiger partial charge in [0.1, 0.15) is 6.54 Å². The van der Waals surface area contributed by atoms with E-state index in [2.05, 4.69) is 0 Å². The number of rotatable bonds is 4. The van der Waals surface area contributed by atoms with E-state index in [9.17, 15) is 14.4 Å². The van der Waals surface area contributed by atoms with Gasteiger partial charge in [-0.3, -0.25) is 19.3 Å². The van der Waals surface area contributed by atoms with Crippen molar-refractivity contribution in [1.29, 1.82) is 0 Å². The van der Waals surface area contributed by atoms with E-state index >= 15 is 0 Å². The van der Waals surface area contributed by atoms with Crippen LogP contribution >= 0.6 is 23.2 Å². The maximum absolute atomic E-state index is 12.9. The Kier molecular flexibility index (Phi) is 5.34. The number of ether oxygens (including phenoxy) is 2. The summed E-state index contributed by atoms with van der Waals surface area (Å²) >= 11 is 11.9. The van der Waals surface area contributed by atoms with E-state index in [-0.39, 0.29) is 33.6 Å². The zero-order chi connectivity index (χ0) is 21.6. The molecule has 0 saturated carbocycles. The minimum absolute atomic E-state index is 0.156. The summed E-state index contributed by atoms with van der Waals surface area (Å²) in [7, 11) is 3.13. The first kappa shape index (κ1) is 20.5. The molecule has 30 heavy (non-hydrogen) atoms. The number of methoxy groups -OCH3 is 2. The summed E-state index contributed by atoms with van der Waals surface area (Å²) in [6, 6.07) is 6.48. The third kappa shape index (κ3) is 3.38. The topological polar surface area (TPSA) is 76.2 Å². The number of carbonyl (C=O) groups is 3. The van der Waals surface area contributed by atoms with Crippen LogP contribution in [-0.4, -0.2) is 54.8 Å². The molecule has 0 fully saturated rings. The average molecular weight is 449 g/mol. The largest absolute Gasteiger partial charge is 0.493 e. The number of nitrogens with zero attached hydrogens (tertiary/aromatic N) is 2. The maximum atomic E-state index is 12.9. The predicted molar refractivity (Wildman–Crippen MR) is 110 cm³/mol. The molecule has 0 aliphatic carbocycles. The molecule has 2 aromatic rings. The summed E-state index contributed by atoms with van der Waals surface area (Å²) in [6.07, 6.45) is 0.634. The fourth-order valence-electron chi connectivity index (χ4n) is 3.76. The maximum Gasteiger partial charge on any atom is 0.262 e. The summed E-state index contributed by atoms with van der Waals surface area (Å²) in [6.45, 7) is 0.488.